The highest BCUT2D eigenvalue weighted by molar-refractivity contribution is 5.97. The molecule has 0 fully saturated rings. The first-order chi connectivity index (χ1) is 11.2. The molecule has 0 saturated heterocycles. The number of imidazole rings is 1. The number of nitrogens with one attached hydrogen (secondary N) is 1. The van der Waals surface area contributed by atoms with Gasteiger partial charge in [-0.15, -0.1) is 5.10 Å². The Balaban J connectivity index is 1.85. The zero-order valence-electron chi connectivity index (χ0n) is 12.8. The van der Waals surface area contributed by atoms with E-state index in [1.165, 1.54) is 0 Å². The number of nitrogens with two attached hydrogens (primary N) is 2. The lowest BCUT2D eigenvalue weighted by Gasteiger charge is -2.08. The van der Waals surface area contributed by atoms with E-state index in [-0.39, 0.29) is 0 Å². The quantitative estimate of drug-likeness (QED) is 0.297. The van der Waals surface area contributed by atoms with E-state index >= 15 is 0 Å². The van der Waals surface area contributed by atoms with Gasteiger partial charge in [0.1, 0.15) is 5.82 Å². The molecule has 3 rings (SSSR count). The fourth-order valence-electron chi connectivity index (χ4n) is 2.43. The molecule has 0 amide bonds. The van der Waals surface area contributed by atoms with Crippen molar-refractivity contribution >= 4 is 5.84 Å². The summed E-state index contributed by atoms with van der Waals surface area (Å²) in [7, 11) is 0. The lowest BCUT2D eigenvalue weighted by atomic mass is 10.0. The van der Waals surface area contributed by atoms with Crippen molar-refractivity contribution < 1.29 is 0 Å². The van der Waals surface area contributed by atoms with Crippen LogP contribution in [0.2, 0.25) is 0 Å². The number of hydrogen-bond acceptors (Lipinski definition) is 4. The van der Waals surface area contributed by atoms with Crippen molar-refractivity contribution in [3.8, 4) is 16.8 Å². The van der Waals surface area contributed by atoms with Gasteiger partial charge in [-0.25, -0.2) is 16.4 Å². The van der Waals surface area contributed by atoms with Crippen LogP contribution >= 0.6 is 0 Å². The van der Waals surface area contributed by atoms with E-state index in [0.29, 0.717) is 5.84 Å². The van der Waals surface area contributed by atoms with E-state index in [4.69, 9.17) is 11.6 Å². The van der Waals surface area contributed by atoms with Crippen LogP contribution in [0, 0.1) is 6.92 Å². The molecule has 0 saturated carbocycles. The van der Waals surface area contributed by atoms with Gasteiger partial charge in [0.25, 0.3) is 0 Å². The minimum Gasteiger partial charge on any atom is -0.382 e. The highest BCUT2D eigenvalue weighted by Crippen LogP contribution is 2.22. The Bertz CT molecular complexity index is 815. The number of hydrogen-bond donors (Lipinski definition) is 3. The van der Waals surface area contributed by atoms with Gasteiger partial charge in [-0.1, -0.05) is 36.4 Å². The van der Waals surface area contributed by atoms with E-state index in [2.05, 4.69) is 39.9 Å². The van der Waals surface area contributed by atoms with Crippen LogP contribution in [0.1, 0.15) is 11.4 Å². The maximum atomic E-state index is 5.78. The largest absolute Gasteiger partial charge is 0.382 e. The van der Waals surface area contributed by atoms with Crippen LogP contribution in [-0.2, 0) is 0 Å². The molecule has 0 aliphatic rings. The van der Waals surface area contributed by atoms with Crippen molar-refractivity contribution in [2.45, 2.75) is 6.92 Å². The third-order valence-electron chi connectivity index (χ3n) is 3.67. The molecule has 0 aliphatic heterocycles. The van der Waals surface area contributed by atoms with Crippen molar-refractivity contribution in [3.63, 3.8) is 0 Å². The number of nitrogens with zero attached hydrogens (tertiary/aromatic N) is 3. The van der Waals surface area contributed by atoms with Crippen molar-refractivity contribution in [1.29, 1.82) is 0 Å². The third kappa shape index (κ3) is 3.07. The summed E-state index contributed by atoms with van der Waals surface area (Å²) in [6.07, 6.45) is 3.75. The van der Waals surface area contributed by atoms with E-state index in [1.807, 2.05) is 42.0 Å². The Morgan fingerprint density at radius 3 is 2.17 bits per heavy atom. The molecule has 5 N–H and O–H groups in total. The predicted molar refractivity (Wildman–Crippen MR) is 91.8 cm³/mol. The molecule has 0 spiro atoms. The Kier molecular flexibility index (Phi) is 4.07. The molecule has 0 atom stereocenters. The van der Waals surface area contributed by atoms with Crippen LogP contribution in [0.4, 0.5) is 0 Å². The Morgan fingerprint density at radius 1 is 1.04 bits per heavy atom. The van der Waals surface area contributed by atoms with E-state index < -0.39 is 0 Å². The van der Waals surface area contributed by atoms with Crippen LogP contribution in [-0.4, -0.2) is 15.4 Å². The third-order valence-corrected chi connectivity index (χ3v) is 3.67. The van der Waals surface area contributed by atoms with Crippen molar-refractivity contribution in [2.24, 2.45) is 16.7 Å². The summed E-state index contributed by atoms with van der Waals surface area (Å²) >= 11 is 0. The fourth-order valence-corrected chi connectivity index (χ4v) is 2.43. The second-order valence-corrected chi connectivity index (χ2v) is 5.09. The first-order valence-electron chi connectivity index (χ1n) is 7.19. The summed E-state index contributed by atoms with van der Waals surface area (Å²) in [5, 5.41) is 3.76. The summed E-state index contributed by atoms with van der Waals surface area (Å²) in [6.45, 7) is 1.98. The van der Waals surface area contributed by atoms with Gasteiger partial charge in [0.2, 0.25) is 0 Å². The highest BCUT2D eigenvalue weighted by atomic mass is 15.5. The van der Waals surface area contributed by atoms with Crippen molar-refractivity contribution in [3.05, 3.63) is 72.3 Å². The summed E-state index contributed by atoms with van der Waals surface area (Å²) in [4.78, 5) is 4.24. The summed E-state index contributed by atoms with van der Waals surface area (Å²) in [5.74, 6) is 6.44. The molecule has 23 heavy (non-hydrogen) atoms. The number of rotatable bonds is 4. The van der Waals surface area contributed by atoms with Crippen LogP contribution in [0.3, 0.4) is 0 Å². The van der Waals surface area contributed by atoms with Crippen LogP contribution in [0.5, 0.6) is 0 Å². The Labute approximate surface area is 134 Å². The lowest BCUT2D eigenvalue weighted by molar-refractivity contribution is 0.804. The second kappa shape index (κ2) is 6.33. The smallest absolute Gasteiger partial charge is 0.152 e. The average molecular weight is 306 g/mol. The van der Waals surface area contributed by atoms with Gasteiger partial charge in [0, 0.05) is 23.6 Å². The number of aryl methyl sites for hydroxylation is 1. The molecule has 6 heteroatoms. The van der Waals surface area contributed by atoms with Crippen molar-refractivity contribution in [2.75, 3.05) is 0 Å². The van der Waals surface area contributed by atoms with Crippen LogP contribution < -0.4 is 17.1 Å². The number of aromatic nitrogens is 2. The normalized spacial score (nSPS) is 11.5. The average Bonchev–Trinajstić information content (AvgIpc) is 3.01. The Hall–Kier alpha value is -3.12. The fraction of sp³-hybridized carbons (Fsp3) is 0.0588. The molecule has 0 bridgehead atoms. The molecule has 2 aromatic carbocycles. The molecular weight excluding hydrogens is 288 g/mol. The number of hydrazine groups is 1. The molecule has 0 unspecified atom stereocenters. The topological polar surface area (TPSA) is 94.2 Å². The summed E-state index contributed by atoms with van der Waals surface area (Å²) in [6, 6.07) is 16.2. The number of amidine groups is 1. The van der Waals surface area contributed by atoms with Crippen LogP contribution in [0.25, 0.3) is 16.8 Å². The SMILES string of the molecule is Cc1nccn1-c1ccc(-c2ccc(/C(N)=N/NN)cc2)cc1. The highest BCUT2D eigenvalue weighted by Gasteiger charge is 2.03. The molecule has 6 nitrogen and oxygen atoms in total. The molecule has 116 valence electrons. The standard InChI is InChI=1S/C17H18N6/c1-12-20-10-11-23(12)16-8-6-14(7-9-16)13-2-4-15(5-3-13)17(18)21-22-19/h2-11,22H,19H2,1H3,(H2,18,21). The van der Waals surface area contributed by atoms with Gasteiger partial charge >= 0.3 is 0 Å². The number of hydrazone groups is 1. The Morgan fingerprint density at radius 2 is 1.65 bits per heavy atom. The van der Waals surface area contributed by atoms with Crippen LogP contribution in [0.15, 0.2) is 66.0 Å². The minimum atomic E-state index is 0.352. The second-order valence-electron chi connectivity index (χ2n) is 5.09. The molecule has 1 aromatic heterocycles. The zero-order valence-corrected chi connectivity index (χ0v) is 12.8. The molecule has 3 aromatic rings. The van der Waals surface area contributed by atoms with Crippen molar-refractivity contribution in [1.82, 2.24) is 15.1 Å². The minimum absolute atomic E-state index is 0.352. The zero-order chi connectivity index (χ0) is 16.2. The summed E-state index contributed by atoms with van der Waals surface area (Å²) < 4.78 is 2.05. The monoisotopic (exact) mass is 306 g/mol. The van der Waals surface area contributed by atoms with Gasteiger partial charge in [-0.3, -0.25) is 0 Å². The maximum absolute atomic E-state index is 5.78. The maximum Gasteiger partial charge on any atom is 0.152 e. The van der Waals surface area contributed by atoms with Gasteiger partial charge in [0.05, 0.1) is 0 Å². The first kappa shape index (κ1) is 14.8. The predicted octanol–water partition coefficient (Wildman–Crippen LogP) is 1.93. The van der Waals surface area contributed by atoms with Gasteiger partial charge in [-0.2, -0.15) is 0 Å². The van der Waals surface area contributed by atoms with Gasteiger partial charge in [-0.05, 0) is 30.2 Å². The lowest BCUT2D eigenvalue weighted by Crippen LogP contribution is -2.22. The molecule has 0 aliphatic carbocycles. The van der Waals surface area contributed by atoms with Gasteiger partial charge in [0.15, 0.2) is 5.84 Å². The van der Waals surface area contributed by atoms with Gasteiger partial charge < -0.3 is 10.3 Å². The molecular formula is C17H18N6. The first-order valence-corrected chi connectivity index (χ1v) is 7.19. The van der Waals surface area contributed by atoms with E-state index in [9.17, 15) is 0 Å². The molecule has 1 heterocycles. The van der Waals surface area contributed by atoms with E-state index in [0.717, 1.165) is 28.2 Å². The number of benzene rings is 2. The van der Waals surface area contributed by atoms with E-state index in [1.54, 1.807) is 6.20 Å². The summed E-state index contributed by atoms with van der Waals surface area (Å²) in [5.41, 5.74) is 12.1. The molecule has 0 radical (unpaired) electrons.